The van der Waals surface area contributed by atoms with Crippen LogP contribution in [0, 0.1) is 5.92 Å². The van der Waals surface area contributed by atoms with Gasteiger partial charge in [-0.2, -0.15) is 0 Å². The summed E-state index contributed by atoms with van der Waals surface area (Å²) in [5.74, 6) is 0.659. The molecule has 0 bridgehead atoms. The van der Waals surface area contributed by atoms with Gasteiger partial charge in [0.05, 0.1) is 19.8 Å². The second-order valence-electron chi connectivity index (χ2n) is 5.52. The minimum atomic E-state index is -0.0426. The van der Waals surface area contributed by atoms with E-state index in [2.05, 4.69) is 19.2 Å². The van der Waals surface area contributed by atoms with Gasteiger partial charge in [0.25, 0.3) is 0 Å². The van der Waals surface area contributed by atoms with Crippen molar-refractivity contribution in [2.75, 3.05) is 32.8 Å². The smallest absolute Gasteiger partial charge is 0.234 e. The predicted octanol–water partition coefficient (Wildman–Crippen LogP) is 0.604. The summed E-state index contributed by atoms with van der Waals surface area (Å²) in [6, 6.07) is 0.177. The first kappa shape index (κ1) is 18.4. The van der Waals surface area contributed by atoms with Crippen LogP contribution in [0.5, 0.6) is 0 Å². The summed E-state index contributed by atoms with van der Waals surface area (Å²) in [5, 5.41) is 20.7. The molecule has 0 heterocycles. The number of carbonyl (C=O) groups excluding carboxylic acids is 1. The molecule has 0 aliphatic heterocycles. The van der Waals surface area contributed by atoms with Gasteiger partial charge in [-0.1, -0.05) is 26.7 Å². The molecule has 5 nitrogen and oxygen atoms in total. The van der Waals surface area contributed by atoms with E-state index in [0.717, 1.165) is 12.8 Å². The molecule has 0 aliphatic carbocycles. The molecule has 1 unspecified atom stereocenters. The van der Waals surface area contributed by atoms with Crippen LogP contribution >= 0.6 is 0 Å². The molecule has 0 fully saturated rings. The first-order valence-electron chi connectivity index (χ1n) is 7.23. The van der Waals surface area contributed by atoms with Crippen molar-refractivity contribution < 1.29 is 15.0 Å². The van der Waals surface area contributed by atoms with Crippen LogP contribution in [0.4, 0.5) is 0 Å². The molecule has 3 N–H and O–H groups in total. The van der Waals surface area contributed by atoms with Crippen molar-refractivity contribution in [1.82, 2.24) is 10.2 Å². The number of hydrogen-bond acceptors (Lipinski definition) is 4. The molecule has 1 amide bonds. The maximum Gasteiger partial charge on any atom is 0.234 e. The van der Waals surface area contributed by atoms with Crippen LogP contribution in [0.15, 0.2) is 0 Å². The van der Waals surface area contributed by atoms with Crippen LogP contribution in [-0.2, 0) is 4.79 Å². The normalized spacial score (nSPS) is 13.0. The van der Waals surface area contributed by atoms with E-state index in [1.807, 2.05) is 6.92 Å². The molecule has 0 aromatic rings. The maximum atomic E-state index is 11.8. The Morgan fingerprint density at radius 1 is 1.11 bits per heavy atom. The zero-order chi connectivity index (χ0) is 14.7. The highest BCUT2D eigenvalue weighted by atomic mass is 16.3. The lowest BCUT2D eigenvalue weighted by Crippen LogP contribution is -2.42. The molecule has 5 heteroatoms. The van der Waals surface area contributed by atoms with Gasteiger partial charge in [-0.25, -0.2) is 0 Å². The number of hydrogen-bond donors (Lipinski definition) is 3. The predicted molar refractivity (Wildman–Crippen MR) is 76.9 cm³/mol. The number of aliphatic hydroxyl groups excluding tert-OH is 2. The summed E-state index contributed by atoms with van der Waals surface area (Å²) in [7, 11) is 0. The van der Waals surface area contributed by atoms with Crippen LogP contribution in [0.1, 0.15) is 40.0 Å². The summed E-state index contributed by atoms with van der Waals surface area (Å²) in [5.41, 5.74) is 0. The molecular formula is C14H30N2O3. The molecule has 0 aromatic carbocycles. The van der Waals surface area contributed by atoms with Crippen molar-refractivity contribution in [3.63, 3.8) is 0 Å². The SMILES string of the molecule is CC(C)CCCC(C)NC(=O)CN(CCO)CCO. The van der Waals surface area contributed by atoms with Gasteiger partial charge in [0, 0.05) is 19.1 Å². The van der Waals surface area contributed by atoms with Gasteiger partial charge in [0.2, 0.25) is 5.91 Å². The summed E-state index contributed by atoms with van der Waals surface area (Å²) >= 11 is 0. The van der Waals surface area contributed by atoms with Crippen molar-refractivity contribution in [2.45, 2.75) is 46.1 Å². The van der Waals surface area contributed by atoms with Gasteiger partial charge in [0.15, 0.2) is 0 Å². The molecule has 0 aliphatic rings. The van der Waals surface area contributed by atoms with Crippen molar-refractivity contribution in [2.24, 2.45) is 5.92 Å². The Bertz CT molecular complexity index is 229. The highest BCUT2D eigenvalue weighted by molar-refractivity contribution is 5.78. The second-order valence-corrected chi connectivity index (χ2v) is 5.52. The van der Waals surface area contributed by atoms with Gasteiger partial charge in [0.1, 0.15) is 0 Å². The molecule has 0 radical (unpaired) electrons. The lowest BCUT2D eigenvalue weighted by Gasteiger charge is -2.21. The van der Waals surface area contributed by atoms with E-state index in [4.69, 9.17) is 10.2 Å². The van der Waals surface area contributed by atoms with Gasteiger partial charge >= 0.3 is 0 Å². The molecule has 114 valence electrons. The van der Waals surface area contributed by atoms with Crippen molar-refractivity contribution in [1.29, 1.82) is 0 Å². The molecule has 0 rings (SSSR count). The molecular weight excluding hydrogens is 244 g/mol. The van der Waals surface area contributed by atoms with Crippen LogP contribution in [0.25, 0.3) is 0 Å². The fourth-order valence-electron chi connectivity index (χ4n) is 1.98. The van der Waals surface area contributed by atoms with Crippen molar-refractivity contribution in [3.05, 3.63) is 0 Å². The van der Waals surface area contributed by atoms with E-state index in [1.54, 1.807) is 4.90 Å². The molecule has 0 spiro atoms. The lowest BCUT2D eigenvalue weighted by molar-refractivity contribution is -0.123. The fraction of sp³-hybridized carbons (Fsp3) is 0.929. The Labute approximate surface area is 117 Å². The van der Waals surface area contributed by atoms with Crippen LogP contribution in [0.2, 0.25) is 0 Å². The highest BCUT2D eigenvalue weighted by Crippen LogP contribution is 2.08. The Morgan fingerprint density at radius 2 is 1.68 bits per heavy atom. The van der Waals surface area contributed by atoms with Crippen LogP contribution in [0.3, 0.4) is 0 Å². The van der Waals surface area contributed by atoms with Crippen LogP contribution < -0.4 is 5.32 Å². The van der Waals surface area contributed by atoms with E-state index < -0.39 is 0 Å². The zero-order valence-electron chi connectivity index (χ0n) is 12.6. The molecule has 0 aromatic heterocycles. The third kappa shape index (κ3) is 10.9. The summed E-state index contributed by atoms with van der Waals surface area (Å²) in [4.78, 5) is 13.5. The first-order chi connectivity index (χ1) is 8.99. The molecule has 0 saturated heterocycles. The van der Waals surface area contributed by atoms with E-state index >= 15 is 0 Å². The zero-order valence-corrected chi connectivity index (χ0v) is 12.6. The molecule has 0 saturated carbocycles. The Morgan fingerprint density at radius 3 is 2.16 bits per heavy atom. The molecule has 1 atom stereocenters. The summed E-state index contributed by atoms with van der Waals surface area (Å²) in [6.07, 6.45) is 3.29. The van der Waals surface area contributed by atoms with Crippen molar-refractivity contribution in [3.8, 4) is 0 Å². The number of nitrogens with one attached hydrogen (secondary N) is 1. The van der Waals surface area contributed by atoms with Crippen LogP contribution in [-0.4, -0.2) is 59.9 Å². The van der Waals surface area contributed by atoms with Gasteiger partial charge in [-0.3, -0.25) is 9.69 Å². The van der Waals surface area contributed by atoms with Gasteiger partial charge < -0.3 is 15.5 Å². The number of amides is 1. The minimum absolute atomic E-state index is 0.00276. The number of nitrogens with zero attached hydrogens (tertiary/aromatic N) is 1. The average Bonchev–Trinajstić information content (AvgIpc) is 2.28. The lowest BCUT2D eigenvalue weighted by atomic mass is 10.0. The fourth-order valence-corrected chi connectivity index (χ4v) is 1.98. The standard InChI is InChI=1S/C14H30N2O3/c1-12(2)5-4-6-13(3)15-14(19)11-16(7-9-17)8-10-18/h12-13,17-18H,4-11H2,1-3H3,(H,15,19). The van der Waals surface area contributed by atoms with E-state index in [-0.39, 0.29) is 31.7 Å². The topological polar surface area (TPSA) is 72.8 Å². The first-order valence-corrected chi connectivity index (χ1v) is 7.23. The van der Waals surface area contributed by atoms with E-state index in [9.17, 15) is 4.79 Å². The van der Waals surface area contributed by atoms with Gasteiger partial charge in [-0.15, -0.1) is 0 Å². The Balaban J connectivity index is 3.86. The largest absolute Gasteiger partial charge is 0.395 e. The monoisotopic (exact) mass is 274 g/mol. The number of carbonyl (C=O) groups is 1. The Kier molecular flexibility index (Phi) is 10.8. The van der Waals surface area contributed by atoms with E-state index in [0.29, 0.717) is 19.0 Å². The maximum absolute atomic E-state index is 11.8. The number of aliphatic hydroxyl groups is 2. The second kappa shape index (κ2) is 11.2. The highest BCUT2D eigenvalue weighted by Gasteiger charge is 2.12. The average molecular weight is 274 g/mol. The Hall–Kier alpha value is -0.650. The van der Waals surface area contributed by atoms with E-state index in [1.165, 1.54) is 6.42 Å². The summed E-state index contributed by atoms with van der Waals surface area (Å²) < 4.78 is 0. The third-order valence-corrected chi connectivity index (χ3v) is 3.03. The third-order valence-electron chi connectivity index (χ3n) is 3.03. The number of rotatable bonds is 11. The summed E-state index contributed by atoms with van der Waals surface area (Å²) in [6.45, 7) is 7.46. The minimum Gasteiger partial charge on any atom is -0.395 e. The molecule has 19 heavy (non-hydrogen) atoms. The van der Waals surface area contributed by atoms with Crippen molar-refractivity contribution >= 4 is 5.91 Å². The quantitative estimate of drug-likeness (QED) is 0.516. The van der Waals surface area contributed by atoms with Gasteiger partial charge in [-0.05, 0) is 19.3 Å².